The second-order valence-corrected chi connectivity index (χ2v) is 5.14. The first-order valence-corrected chi connectivity index (χ1v) is 6.48. The molecule has 0 saturated heterocycles. The van der Waals surface area contributed by atoms with Crippen molar-refractivity contribution in [2.24, 2.45) is 23.7 Å². The molecule has 0 radical (unpaired) electrons. The molecule has 1 saturated carbocycles. The van der Waals surface area contributed by atoms with Crippen LogP contribution in [-0.2, 0) is 14.3 Å². The molecule has 2 bridgehead atoms. The van der Waals surface area contributed by atoms with E-state index in [9.17, 15) is 9.59 Å². The minimum absolute atomic E-state index is 0.0948. The summed E-state index contributed by atoms with van der Waals surface area (Å²) in [5.41, 5.74) is 0. The molecule has 0 aromatic rings. The van der Waals surface area contributed by atoms with Crippen LogP contribution in [0.5, 0.6) is 0 Å². The maximum atomic E-state index is 12.0. The summed E-state index contributed by atoms with van der Waals surface area (Å²) in [6, 6.07) is 0. The van der Waals surface area contributed by atoms with Crippen molar-refractivity contribution >= 4 is 11.8 Å². The molecule has 1 unspecified atom stereocenters. The van der Waals surface area contributed by atoms with Gasteiger partial charge in [0.15, 0.2) is 0 Å². The molecule has 0 aromatic carbocycles. The third kappa shape index (κ3) is 2.43. The predicted octanol–water partition coefficient (Wildman–Crippen LogP) is 2.36. The largest absolute Gasteiger partial charge is 0.466 e. The minimum Gasteiger partial charge on any atom is -0.466 e. The molecule has 0 amide bonds. The topological polar surface area (TPSA) is 43.4 Å². The molecule has 3 rings (SSSR count). The van der Waals surface area contributed by atoms with Crippen LogP contribution >= 0.6 is 0 Å². The van der Waals surface area contributed by atoms with E-state index in [1.807, 2.05) is 6.92 Å². The lowest BCUT2D eigenvalue weighted by Crippen LogP contribution is -2.42. The number of fused-ring (bicyclic) bond motifs is 2. The number of ether oxygens (including phenoxy) is 1. The van der Waals surface area contributed by atoms with E-state index >= 15 is 0 Å². The summed E-state index contributed by atoms with van der Waals surface area (Å²) in [6.45, 7) is 3.85. The van der Waals surface area contributed by atoms with Gasteiger partial charge in [-0.2, -0.15) is 0 Å². The van der Waals surface area contributed by atoms with Gasteiger partial charge in [-0.05, 0) is 44.4 Å². The molecule has 3 nitrogen and oxygen atoms in total. The Morgan fingerprint density at radius 3 is 2.41 bits per heavy atom. The summed E-state index contributed by atoms with van der Waals surface area (Å²) < 4.78 is 5.16. The fourth-order valence-electron chi connectivity index (χ4n) is 3.30. The summed E-state index contributed by atoms with van der Waals surface area (Å²) in [6.07, 6.45) is 7.01. The van der Waals surface area contributed by atoms with E-state index in [0.717, 1.165) is 12.8 Å². The number of Topliss-reactive ketones (excluding diaryl/α,β-unsaturated/α-hetero) is 1. The highest BCUT2D eigenvalue weighted by Gasteiger charge is 2.45. The monoisotopic (exact) mass is 236 g/mol. The number of allylic oxidation sites excluding steroid dienone is 2. The molecule has 17 heavy (non-hydrogen) atoms. The molecule has 0 heterocycles. The lowest BCUT2D eigenvalue weighted by atomic mass is 9.61. The molecule has 1 fully saturated rings. The highest BCUT2D eigenvalue weighted by atomic mass is 16.5. The molecule has 4 atom stereocenters. The van der Waals surface area contributed by atoms with Crippen molar-refractivity contribution in [3.63, 3.8) is 0 Å². The van der Waals surface area contributed by atoms with Crippen LogP contribution in [0.3, 0.4) is 0 Å². The number of hydrogen-bond acceptors (Lipinski definition) is 3. The van der Waals surface area contributed by atoms with Crippen molar-refractivity contribution in [3.05, 3.63) is 12.2 Å². The van der Waals surface area contributed by atoms with Gasteiger partial charge in [-0.3, -0.25) is 4.79 Å². The first-order chi connectivity index (χ1) is 8.13. The molecule has 0 spiro atoms. The van der Waals surface area contributed by atoms with Crippen LogP contribution < -0.4 is 0 Å². The number of esters is 1. The lowest BCUT2D eigenvalue weighted by Gasteiger charge is -2.43. The molecule has 3 aliphatic rings. The number of carbonyl (C=O) groups excluding carboxylic acids is 2. The van der Waals surface area contributed by atoms with E-state index in [0.29, 0.717) is 18.9 Å². The van der Waals surface area contributed by atoms with Crippen molar-refractivity contribution in [2.45, 2.75) is 33.1 Å². The third-order valence-corrected chi connectivity index (χ3v) is 3.99. The van der Waals surface area contributed by atoms with E-state index in [4.69, 9.17) is 4.74 Å². The Bertz CT molecular complexity index is 345. The predicted molar refractivity (Wildman–Crippen MR) is 64.3 cm³/mol. The van der Waals surface area contributed by atoms with E-state index < -0.39 is 0 Å². The van der Waals surface area contributed by atoms with E-state index in [1.54, 1.807) is 6.92 Å². The number of carbonyl (C=O) groups is 2. The van der Waals surface area contributed by atoms with Gasteiger partial charge in [-0.1, -0.05) is 12.2 Å². The Kier molecular flexibility index (Phi) is 3.65. The van der Waals surface area contributed by atoms with Crippen LogP contribution in [0, 0.1) is 23.7 Å². The number of hydrogen-bond donors (Lipinski definition) is 0. The second-order valence-electron chi connectivity index (χ2n) is 5.14. The normalized spacial score (nSPS) is 34.7. The first-order valence-electron chi connectivity index (χ1n) is 6.48. The quantitative estimate of drug-likeness (QED) is 0.556. The van der Waals surface area contributed by atoms with Gasteiger partial charge in [0.05, 0.1) is 12.5 Å². The van der Waals surface area contributed by atoms with Crippen LogP contribution in [0.1, 0.15) is 33.1 Å². The zero-order valence-corrected chi connectivity index (χ0v) is 10.5. The molecular formula is C14H20O3. The Hall–Kier alpha value is -1.12. The van der Waals surface area contributed by atoms with Gasteiger partial charge in [0.2, 0.25) is 0 Å². The van der Waals surface area contributed by atoms with Gasteiger partial charge in [0.1, 0.15) is 5.78 Å². The van der Waals surface area contributed by atoms with E-state index in [1.165, 1.54) is 0 Å². The lowest BCUT2D eigenvalue weighted by molar-refractivity contribution is -0.154. The van der Waals surface area contributed by atoms with Gasteiger partial charge in [-0.25, -0.2) is 0 Å². The zero-order chi connectivity index (χ0) is 12.4. The van der Waals surface area contributed by atoms with Crippen LogP contribution in [0.2, 0.25) is 0 Å². The van der Waals surface area contributed by atoms with Gasteiger partial charge >= 0.3 is 5.97 Å². The molecule has 3 heteroatoms. The first kappa shape index (κ1) is 12.3. The van der Waals surface area contributed by atoms with Crippen molar-refractivity contribution < 1.29 is 14.3 Å². The molecule has 0 aliphatic heterocycles. The third-order valence-electron chi connectivity index (χ3n) is 3.99. The second kappa shape index (κ2) is 5.03. The molecule has 3 aliphatic carbocycles. The molecule has 0 aromatic heterocycles. The molecule has 94 valence electrons. The maximum absolute atomic E-state index is 12.0. The summed E-state index contributed by atoms with van der Waals surface area (Å²) in [5.74, 6) is 0.794. The number of rotatable bonds is 4. The standard InChI is InChI=1S/C14H20O3/c1-3-17-14(16)13-11-6-4-10(5-7-11)12(13)8-9(2)15/h4,6,10-13H,3,5,7-8H2,1-2H3/t10-,11+,12?,13-/m0/s1. The molecule has 0 N–H and O–H groups in total. The Balaban J connectivity index is 2.17. The van der Waals surface area contributed by atoms with Crippen LogP contribution in [0.4, 0.5) is 0 Å². The summed E-state index contributed by atoms with van der Waals surface area (Å²) in [5, 5.41) is 0. The summed E-state index contributed by atoms with van der Waals surface area (Å²) in [4.78, 5) is 23.4. The fourth-order valence-corrected chi connectivity index (χ4v) is 3.30. The van der Waals surface area contributed by atoms with Crippen LogP contribution in [0.25, 0.3) is 0 Å². The Labute approximate surface area is 102 Å². The van der Waals surface area contributed by atoms with Crippen molar-refractivity contribution in [2.75, 3.05) is 6.61 Å². The maximum Gasteiger partial charge on any atom is 0.309 e. The summed E-state index contributed by atoms with van der Waals surface area (Å²) >= 11 is 0. The van der Waals surface area contributed by atoms with Crippen LogP contribution in [0.15, 0.2) is 12.2 Å². The fraction of sp³-hybridized carbons (Fsp3) is 0.714. The summed E-state index contributed by atoms with van der Waals surface area (Å²) in [7, 11) is 0. The zero-order valence-electron chi connectivity index (χ0n) is 10.5. The Morgan fingerprint density at radius 1 is 1.24 bits per heavy atom. The van der Waals surface area contributed by atoms with Gasteiger partial charge < -0.3 is 9.53 Å². The van der Waals surface area contributed by atoms with Gasteiger partial charge in [0.25, 0.3) is 0 Å². The Morgan fingerprint density at radius 2 is 1.88 bits per heavy atom. The molecular weight excluding hydrogens is 216 g/mol. The minimum atomic E-state index is -0.113. The van der Waals surface area contributed by atoms with Gasteiger partial charge in [0, 0.05) is 6.42 Å². The van der Waals surface area contributed by atoms with E-state index in [-0.39, 0.29) is 29.5 Å². The average Bonchev–Trinajstić information content (AvgIpc) is 2.29. The smallest absolute Gasteiger partial charge is 0.309 e. The van der Waals surface area contributed by atoms with Crippen molar-refractivity contribution in [1.29, 1.82) is 0 Å². The van der Waals surface area contributed by atoms with E-state index in [2.05, 4.69) is 12.2 Å². The highest BCUT2D eigenvalue weighted by Crippen LogP contribution is 2.46. The van der Waals surface area contributed by atoms with Crippen LogP contribution in [-0.4, -0.2) is 18.4 Å². The van der Waals surface area contributed by atoms with Crippen molar-refractivity contribution in [3.8, 4) is 0 Å². The highest BCUT2D eigenvalue weighted by molar-refractivity contribution is 5.79. The SMILES string of the molecule is CCOC(=O)[C@@H]1C(CC(C)=O)[C@H]2C=C[C@@H]1CC2. The van der Waals surface area contributed by atoms with Crippen molar-refractivity contribution in [1.82, 2.24) is 0 Å². The average molecular weight is 236 g/mol. The van der Waals surface area contributed by atoms with Gasteiger partial charge in [-0.15, -0.1) is 0 Å². The number of ketones is 1.